The lowest BCUT2D eigenvalue weighted by atomic mass is 10.2. The average molecular weight is 495 g/mol. The fourth-order valence-electron chi connectivity index (χ4n) is 2.97. The number of sulfonamides is 1. The zero-order valence-electron chi connectivity index (χ0n) is 17.2. The van der Waals surface area contributed by atoms with Crippen LogP contribution in [0.15, 0.2) is 71.6 Å². The fourth-order valence-corrected chi connectivity index (χ4v) is 4.93. The number of amides is 1. The van der Waals surface area contributed by atoms with Crippen molar-refractivity contribution < 1.29 is 22.7 Å². The Bertz CT molecular complexity index is 1200. The number of anilines is 2. The van der Waals surface area contributed by atoms with E-state index in [1.807, 2.05) is 0 Å². The van der Waals surface area contributed by atoms with Crippen molar-refractivity contribution in [3.63, 3.8) is 0 Å². The molecule has 1 N–H and O–H groups in total. The van der Waals surface area contributed by atoms with Crippen LogP contribution in [0.3, 0.4) is 0 Å². The highest BCUT2D eigenvalue weighted by molar-refractivity contribution is 7.92. The molecule has 3 rings (SSSR count). The SMILES string of the molecule is COc1ccc(N(CC(=O)Nc2cc(Cl)cc(Cl)c2)S(=O)(=O)c2ccccc2)cc1OC. The van der Waals surface area contributed by atoms with Crippen LogP contribution in [0.25, 0.3) is 0 Å². The van der Waals surface area contributed by atoms with Gasteiger partial charge >= 0.3 is 0 Å². The number of carbonyl (C=O) groups is 1. The van der Waals surface area contributed by atoms with Gasteiger partial charge < -0.3 is 14.8 Å². The maximum Gasteiger partial charge on any atom is 0.264 e. The Morgan fingerprint density at radius 3 is 2.12 bits per heavy atom. The van der Waals surface area contributed by atoms with Crippen molar-refractivity contribution in [2.45, 2.75) is 4.90 Å². The lowest BCUT2D eigenvalue weighted by Crippen LogP contribution is -2.38. The van der Waals surface area contributed by atoms with Gasteiger partial charge in [-0.3, -0.25) is 9.10 Å². The molecule has 0 fully saturated rings. The molecule has 0 spiro atoms. The van der Waals surface area contributed by atoms with Gasteiger partial charge in [-0.1, -0.05) is 41.4 Å². The molecule has 0 aliphatic heterocycles. The number of hydrogen-bond donors (Lipinski definition) is 1. The molecule has 32 heavy (non-hydrogen) atoms. The van der Waals surface area contributed by atoms with Gasteiger partial charge in [-0.05, 0) is 42.5 Å². The molecular formula is C22H20Cl2N2O5S. The molecule has 0 saturated carbocycles. The first-order valence-electron chi connectivity index (χ1n) is 9.30. The van der Waals surface area contributed by atoms with E-state index in [0.717, 1.165) is 4.31 Å². The fraction of sp³-hybridized carbons (Fsp3) is 0.136. The van der Waals surface area contributed by atoms with E-state index in [2.05, 4.69) is 5.32 Å². The Labute approximate surface area is 196 Å². The predicted octanol–water partition coefficient (Wildman–Crippen LogP) is 4.84. The number of nitrogens with one attached hydrogen (secondary N) is 1. The zero-order chi connectivity index (χ0) is 23.3. The standard InChI is InChI=1S/C22H20Cl2N2O5S/c1-30-20-9-8-18(13-21(20)31-2)26(32(28,29)19-6-4-3-5-7-19)14-22(27)25-17-11-15(23)10-16(24)12-17/h3-13H,14H2,1-2H3,(H,25,27). The minimum Gasteiger partial charge on any atom is -0.493 e. The summed E-state index contributed by atoms with van der Waals surface area (Å²) < 4.78 is 38.3. The Hall–Kier alpha value is -2.94. The molecule has 3 aromatic rings. The van der Waals surface area contributed by atoms with Crippen LogP contribution in [0.1, 0.15) is 0 Å². The van der Waals surface area contributed by atoms with Crippen LogP contribution in [0.4, 0.5) is 11.4 Å². The second-order valence-corrected chi connectivity index (χ2v) is 9.31. The second-order valence-electron chi connectivity index (χ2n) is 6.57. The molecule has 3 aromatic carbocycles. The van der Waals surface area contributed by atoms with Gasteiger partial charge in [0.25, 0.3) is 10.0 Å². The third-order valence-corrected chi connectivity index (χ3v) is 6.64. The van der Waals surface area contributed by atoms with Crippen LogP contribution in [-0.4, -0.2) is 35.1 Å². The van der Waals surface area contributed by atoms with Crippen LogP contribution in [-0.2, 0) is 14.8 Å². The molecular weight excluding hydrogens is 475 g/mol. The Kier molecular flexibility index (Phi) is 7.50. The molecule has 168 valence electrons. The maximum atomic E-state index is 13.4. The van der Waals surface area contributed by atoms with E-state index in [4.69, 9.17) is 32.7 Å². The Morgan fingerprint density at radius 2 is 1.53 bits per heavy atom. The third-order valence-electron chi connectivity index (χ3n) is 4.42. The minimum atomic E-state index is -4.08. The quantitative estimate of drug-likeness (QED) is 0.483. The van der Waals surface area contributed by atoms with E-state index >= 15 is 0 Å². The summed E-state index contributed by atoms with van der Waals surface area (Å²) in [6.07, 6.45) is 0. The van der Waals surface area contributed by atoms with E-state index in [-0.39, 0.29) is 10.6 Å². The van der Waals surface area contributed by atoms with Crippen molar-refractivity contribution in [1.82, 2.24) is 0 Å². The van der Waals surface area contributed by atoms with E-state index in [1.165, 1.54) is 56.7 Å². The minimum absolute atomic E-state index is 0.0355. The number of rotatable bonds is 8. The van der Waals surface area contributed by atoms with Gasteiger partial charge in [0.05, 0.1) is 24.8 Å². The molecule has 0 saturated heterocycles. The first-order valence-corrected chi connectivity index (χ1v) is 11.5. The molecule has 0 heterocycles. The molecule has 0 radical (unpaired) electrons. The molecule has 0 atom stereocenters. The van der Waals surface area contributed by atoms with Crippen molar-refractivity contribution in [2.75, 3.05) is 30.4 Å². The normalized spacial score (nSPS) is 11.0. The number of methoxy groups -OCH3 is 2. The van der Waals surface area contributed by atoms with E-state index in [9.17, 15) is 13.2 Å². The van der Waals surface area contributed by atoms with Crippen molar-refractivity contribution in [2.24, 2.45) is 0 Å². The van der Waals surface area contributed by atoms with Crippen molar-refractivity contribution in [1.29, 1.82) is 0 Å². The predicted molar refractivity (Wildman–Crippen MR) is 126 cm³/mol. The summed E-state index contributed by atoms with van der Waals surface area (Å²) in [5.41, 5.74) is 0.572. The van der Waals surface area contributed by atoms with Crippen molar-refractivity contribution >= 4 is 50.5 Å². The smallest absolute Gasteiger partial charge is 0.264 e. The van der Waals surface area contributed by atoms with Crippen LogP contribution < -0.4 is 19.1 Å². The summed E-state index contributed by atoms with van der Waals surface area (Å²) in [7, 11) is -1.17. The summed E-state index contributed by atoms with van der Waals surface area (Å²) in [5, 5.41) is 3.30. The molecule has 0 aliphatic rings. The molecule has 7 nitrogen and oxygen atoms in total. The monoisotopic (exact) mass is 494 g/mol. The van der Waals surface area contributed by atoms with Gasteiger partial charge in [0, 0.05) is 21.8 Å². The largest absolute Gasteiger partial charge is 0.493 e. The summed E-state index contributed by atoms with van der Waals surface area (Å²) in [5.74, 6) is 0.157. The molecule has 10 heteroatoms. The van der Waals surface area contributed by atoms with E-state index in [0.29, 0.717) is 27.2 Å². The summed E-state index contributed by atoms with van der Waals surface area (Å²) >= 11 is 12.0. The van der Waals surface area contributed by atoms with Gasteiger partial charge in [-0.15, -0.1) is 0 Å². The van der Waals surface area contributed by atoms with Gasteiger partial charge in [0.2, 0.25) is 5.91 Å². The number of nitrogens with zero attached hydrogens (tertiary/aromatic N) is 1. The van der Waals surface area contributed by atoms with E-state index < -0.39 is 22.5 Å². The number of benzene rings is 3. The van der Waals surface area contributed by atoms with E-state index in [1.54, 1.807) is 24.3 Å². The summed E-state index contributed by atoms with van der Waals surface area (Å²) in [6, 6.07) is 17.0. The second kappa shape index (κ2) is 10.1. The third kappa shape index (κ3) is 5.45. The molecule has 0 aromatic heterocycles. The zero-order valence-corrected chi connectivity index (χ0v) is 19.5. The van der Waals surface area contributed by atoms with Gasteiger partial charge in [0.1, 0.15) is 6.54 Å². The molecule has 0 bridgehead atoms. The number of ether oxygens (including phenoxy) is 2. The first-order chi connectivity index (χ1) is 15.2. The Balaban J connectivity index is 2.00. The summed E-state index contributed by atoms with van der Waals surface area (Å²) in [6.45, 7) is -0.503. The van der Waals surface area contributed by atoms with Gasteiger partial charge in [-0.25, -0.2) is 8.42 Å². The van der Waals surface area contributed by atoms with Crippen LogP contribution in [0, 0.1) is 0 Å². The summed E-state index contributed by atoms with van der Waals surface area (Å²) in [4.78, 5) is 12.9. The maximum absolute atomic E-state index is 13.4. The lowest BCUT2D eigenvalue weighted by molar-refractivity contribution is -0.114. The number of halogens is 2. The van der Waals surface area contributed by atoms with Crippen LogP contribution in [0.5, 0.6) is 11.5 Å². The number of hydrogen-bond acceptors (Lipinski definition) is 5. The first kappa shape index (κ1) is 23.7. The lowest BCUT2D eigenvalue weighted by Gasteiger charge is -2.25. The van der Waals surface area contributed by atoms with Crippen LogP contribution in [0.2, 0.25) is 10.0 Å². The average Bonchev–Trinajstić information content (AvgIpc) is 2.76. The highest BCUT2D eigenvalue weighted by Crippen LogP contribution is 2.34. The molecule has 0 unspecified atom stereocenters. The molecule has 0 aliphatic carbocycles. The topological polar surface area (TPSA) is 84.9 Å². The van der Waals surface area contributed by atoms with Crippen molar-refractivity contribution in [3.05, 3.63) is 76.8 Å². The number of carbonyl (C=O) groups excluding carboxylic acids is 1. The van der Waals surface area contributed by atoms with Crippen LogP contribution >= 0.6 is 23.2 Å². The van der Waals surface area contributed by atoms with Gasteiger partial charge in [0.15, 0.2) is 11.5 Å². The highest BCUT2D eigenvalue weighted by atomic mass is 35.5. The highest BCUT2D eigenvalue weighted by Gasteiger charge is 2.28. The Morgan fingerprint density at radius 1 is 0.906 bits per heavy atom. The van der Waals surface area contributed by atoms with Crippen molar-refractivity contribution in [3.8, 4) is 11.5 Å². The van der Waals surface area contributed by atoms with Gasteiger partial charge in [-0.2, -0.15) is 0 Å². The molecule has 1 amide bonds.